The largest absolute Gasteiger partial charge is 0.319 e. The van der Waals surface area contributed by atoms with Crippen molar-refractivity contribution in [2.24, 2.45) is 5.73 Å². The highest BCUT2D eigenvalue weighted by atomic mass is 19.1. The van der Waals surface area contributed by atoms with Crippen molar-refractivity contribution in [3.05, 3.63) is 40.2 Å². The molecule has 1 fully saturated rings. The minimum Gasteiger partial charge on any atom is -0.319 e. The summed E-state index contributed by atoms with van der Waals surface area (Å²) in [4.78, 5) is 18.4. The number of nitrogens with one attached hydrogen (secondary N) is 1. The summed E-state index contributed by atoms with van der Waals surface area (Å²) < 4.78 is 13.5. The van der Waals surface area contributed by atoms with Crippen LogP contribution in [0.1, 0.15) is 18.7 Å². The van der Waals surface area contributed by atoms with Crippen LogP contribution in [0.25, 0.3) is 10.9 Å². The third-order valence-electron chi connectivity index (χ3n) is 2.95. The maximum atomic E-state index is 13.5. The normalized spacial score (nSPS) is 17.6. The Balaban J connectivity index is 2.37. The van der Waals surface area contributed by atoms with Gasteiger partial charge in [0.05, 0.1) is 10.9 Å². The summed E-state index contributed by atoms with van der Waals surface area (Å²) in [5.74, 6) is -0.107. The number of aromatic nitrogens is 2. The van der Waals surface area contributed by atoms with Crippen molar-refractivity contribution in [2.45, 2.75) is 18.4 Å². The standard InChI is InChI=1S/C11H10FN3O/c12-7-3-1-2-6-8(7)14-10(15-9(6)16)11(13)4-5-11/h1-3H,4-5,13H2,(H,14,15,16). The van der Waals surface area contributed by atoms with Gasteiger partial charge >= 0.3 is 0 Å². The van der Waals surface area contributed by atoms with Gasteiger partial charge in [0.2, 0.25) is 0 Å². The van der Waals surface area contributed by atoms with E-state index in [-0.39, 0.29) is 16.5 Å². The lowest BCUT2D eigenvalue weighted by atomic mass is 10.2. The van der Waals surface area contributed by atoms with Crippen molar-refractivity contribution in [2.75, 3.05) is 0 Å². The third kappa shape index (κ3) is 1.25. The van der Waals surface area contributed by atoms with Crippen LogP contribution < -0.4 is 11.3 Å². The Morgan fingerprint density at radius 2 is 2.19 bits per heavy atom. The molecule has 0 radical (unpaired) electrons. The van der Waals surface area contributed by atoms with E-state index in [2.05, 4.69) is 9.97 Å². The Kier molecular flexibility index (Phi) is 1.71. The second-order valence-electron chi connectivity index (χ2n) is 4.21. The maximum Gasteiger partial charge on any atom is 0.258 e. The van der Waals surface area contributed by atoms with Gasteiger partial charge in [-0.3, -0.25) is 4.79 Å². The minimum absolute atomic E-state index is 0.0953. The van der Waals surface area contributed by atoms with Crippen LogP contribution in [0.5, 0.6) is 0 Å². The van der Waals surface area contributed by atoms with E-state index in [0.717, 1.165) is 12.8 Å². The first-order chi connectivity index (χ1) is 7.60. The number of aromatic amines is 1. The minimum atomic E-state index is -0.560. The number of hydrogen-bond acceptors (Lipinski definition) is 3. The molecule has 5 heteroatoms. The maximum absolute atomic E-state index is 13.5. The average molecular weight is 219 g/mol. The molecule has 1 aromatic heterocycles. The van der Waals surface area contributed by atoms with Crippen LogP contribution in [0, 0.1) is 5.82 Å². The lowest BCUT2D eigenvalue weighted by Crippen LogP contribution is -2.26. The first-order valence-corrected chi connectivity index (χ1v) is 5.08. The molecule has 1 saturated carbocycles. The monoisotopic (exact) mass is 219 g/mol. The smallest absolute Gasteiger partial charge is 0.258 e. The summed E-state index contributed by atoms with van der Waals surface area (Å²) in [5.41, 5.74) is 5.12. The number of hydrogen-bond donors (Lipinski definition) is 2. The molecule has 1 aliphatic carbocycles. The van der Waals surface area contributed by atoms with E-state index < -0.39 is 11.4 Å². The van der Waals surface area contributed by atoms with Crippen LogP contribution in [0.2, 0.25) is 0 Å². The lowest BCUT2D eigenvalue weighted by molar-refractivity contribution is 0.628. The second kappa shape index (κ2) is 2.89. The van der Waals surface area contributed by atoms with Crippen LogP contribution in [0.4, 0.5) is 4.39 Å². The van der Waals surface area contributed by atoms with Gasteiger partial charge in [0.15, 0.2) is 0 Å². The molecule has 0 unspecified atom stereocenters. The van der Waals surface area contributed by atoms with Crippen molar-refractivity contribution in [3.8, 4) is 0 Å². The topological polar surface area (TPSA) is 71.8 Å². The van der Waals surface area contributed by atoms with Crippen LogP contribution >= 0.6 is 0 Å². The Morgan fingerprint density at radius 3 is 2.88 bits per heavy atom. The molecule has 4 nitrogen and oxygen atoms in total. The van der Waals surface area contributed by atoms with Gasteiger partial charge in [0, 0.05) is 0 Å². The van der Waals surface area contributed by atoms with E-state index in [4.69, 9.17) is 5.73 Å². The molecule has 1 heterocycles. The number of nitrogens with two attached hydrogens (primary N) is 1. The van der Waals surface area contributed by atoms with Gasteiger partial charge in [0.1, 0.15) is 17.2 Å². The highest BCUT2D eigenvalue weighted by Gasteiger charge is 2.42. The molecule has 82 valence electrons. The predicted octanol–water partition coefficient (Wildman–Crippen LogP) is 1.01. The van der Waals surface area contributed by atoms with Gasteiger partial charge in [-0.2, -0.15) is 0 Å². The predicted molar refractivity (Wildman–Crippen MR) is 57.4 cm³/mol. The highest BCUT2D eigenvalue weighted by molar-refractivity contribution is 5.78. The first kappa shape index (κ1) is 9.47. The molecule has 0 amide bonds. The van der Waals surface area contributed by atoms with Crippen molar-refractivity contribution in [3.63, 3.8) is 0 Å². The zero-order valence-electron chi connectivity index (χ0n) is 8.46. The van der Waals surface area contributed by atoms with Crippen molar-refractivity contribution >= 4 is 10.9 Å². The average Bonchev–Trinajstić information content (AvgIpc) is 2.99. The highest BCUT2D eigenvalue weighted by Crippen LogP contribution is 2.40. The van der Waals surface area contributed by atoms with E-state index in [9.17, 15) is 9.18 Å². The fourth-order valence-electron chi connectivity index (χ4n) is 1.73. The Bertz CT molecular complexity index is 631. The molecule has 16 heavy (non-hydrogen) atoms. The molecule has 3 N–H and O–H groups in total. The number of benzene rings is 1. The molecule has 3 rings (SSSR count). The summed E-state index contributed by atoms with van der Waals surface area (Å²) in [6.45, 7) is 0. The summed E-state index contributed by atoms with van der Waals surface area (Å²) in [6.07, 6.45) is 1.55. The number of H-pyrrole nitrogens is 1. The fourth-order valence-corrected chi connectivity index (χ4v) is 1.73. The summed E-state index contributed by atoms with van der Waals surface area (Å²) >= 11 is 0. The van der Waals surface area contributed by atoms with Crippen molar-refractivity contribution in [1.82, 2.24) is 9.97 Å². The molecule has 2 aromatic rings. The molecule has 0 atom stereocenters. The van der Waals surface area contributed by atoms with Gasteiger partial charge < -0.3 is 10.7 Å². The molecule has 1 aliphatic rings. The van der Waals surface area contributed by atoms with Gasteiger partial charge in [-0.05, 0) is 25.0 Å². The van der Waals surface area contributed by atoms with Gasteiger partial charge in [-0.25, -0.2) is 9.37 Å². The number of fused-ring (bicyclic) bond motifs is 1. The van der Waals surface area contributed by atoms with Gasteiger partial charge in [-0.15, -0.1) is 0 Å². The van der Waals surface area contributed by atoms with Gasteiger partial charge in [0.25, 0.3) is 5.56 Å². The molecule has 1 aromatic carbocycles. The summed E-state index contributed by atoms with van der Waals surface area (Å²) in [5, 5.41) is 0.257. The molecule has 0 bridgehead atoms. The molecular formula is C11H10FN3O. The lowest BCUT2D eigenvalue weighted by Gasteiger charge is -2.08. The zero-order valence-corrected chi connectivity index (χ0v) is 8.46. The van der Waals surface area contributed by atoms with Crippen LogP contribution in [-0.4, -0.2) is 9.97 Å². The van der Waals surface area contributed by atoms with Crippen molar-refractivity contribution in [1.29, 1.82) is 0 Å². The van der Waals surface area contributed by atoms with Crippen LogP contribution in [0.3, 0.4) is 0 Å². The Labute approximate surface area is 90.3 Å². The summed E-state index contributed by atoms with van der Waals surface area (Å²) in [7, 11) is 0. The number of rotatable bonds is 1. The van der Waals surface area contributed by atoms with E-state index in [1.54, 1.807) is 6.07 Å². The Morgan fingerprint density at radius 1 is 1.44 bits per heavy atom. The van der Waals surface area contributed by atoms with E-state index >= 15 is 0 Å². The second-order valence-corrected chi connectivity index (χ2v) is 4.21. The number of para-hydroxylation sites is 1. The molecule has 0 saturated heterocycles. The Hall–Kier alpha value is -1.75. The van der Waals surface area contributed by atoms with Crippen LogP contribution in [0.15, 0.2) is 23.0 Å². The number of nitrogens with zero attached hydrogens (tertiary/aromatic N) is 1. The number of halogens is 1. The molecule has 0 spiro atoms. The summed E-state index contributed by atoms with van der Waals surface area (Å²) in [6, 6.07) is 4.32. The third-order valence-corrected chi connectivity index (χ3v) is 2.95. The van der Waals surface area contributed by atoms with E-state index in [1.165, 1.54) is 12.1 Å². The quantitative estimate of drug-likeness (QED) is 0.751. The van der Waals surface area contributed by atoms with Gasteiger partial charge in [-0.1, -0.05) is 6.07 Å². The van der Waals surface area contributed by atoms with Crippen LogP contribution in [-0.2, 0) is 5.54 Å². The van der Waals surface area contributed by atoms with E-state index in [1.807, 2.05) is 0 Å². The SMILES string of the molecule is NC1(c2nc3c(F)cccc3c(=O)[nH]2)CC1. The molecule has 0 aliphatic heterocycles. The fraction of sp³-hybridized carbons (Fsp3) is 0.273. The molecular weight excluding hydrogens is 209 g/mol. The first-order valence-electron chi connectivity index (χ1n) is 5.08. The van der Waals surface area contributed by atoms with E-state index in [0.29, 0.717) is 5.82 Å². The zero-order chi connectivity index (χ0) is 11.3. The van der Waals surface area contributed by atoms with Crippen molar-refractivity contribution < 1.29 is 4.39 Å².